The van der Waals surface area contributed by atoms with E-state index in [1.54, 1.807) is 0 Å². The van der Waals surface area contributed by atoms with Gasteiger partial charge in [0.2, 0.25) is 0 Å². The Morgan fingerprint density at radius 3 is 3.04 bits per heavy atom. The minimum absolute atomic E-state index is 0.405. The summed E-state index contributed by atoms with van der Waals surface area (Å²) in [7, 11) is 0. The Kier molecular flexibility index (Phi) is 4.99. The third-order valence-electron chi connectivity index (χ3n) is 5.17. The highest BCUT2D eigenvalue weighted by Crippen LogP contribution is 2.19. The summed E-state index contributed by atoms with van der Waals surface area (Å²) in [5, 5.41) is 7.81. The van der Waals surface area contributed by atoms with E-state index in [0.717, 1.165) is 55.5 Å². The SMILES string of the molecule is CCc1ccc2nc(NC3=[NH+]C[NH+](C[C@H]4CCCO4)CN3)nc(C)c2c1. The molecule has 4 N–H and O–H groups in total. The number of quaternary nitrogens is 1. The van der Waals surface area contributed by atoms with E-state index in [1.165, 1.54) is 23.3 Å². The minimum Gasteiger partial charge on any atom is -0.372 e. The van der Waals surface area contributed by atoms with Crippen LogP contribution in [0.4, 0.5) is 5.95 Å². The maximum Gasteiger partial charge on any atom is 0.359 e. The first-order valence-electron chi connectivity index (χ1n) is 9.55. The molecule has 0 amide bonds. The van der Waals surface area contributed by atoms with Crippen molar-refractivity contribution >= 4 is 22.8 Å². The highest BCUT2D eigenvalue weighted by atomic mass is 16.5. The summed E-state index contributed by atoms with van der Waals surface area (Å²) >= 11 is 0. The Morgan fingerprint density at radius 1 is 1.38 bits per heavy atom. The van der Waals surface area contributed by atoms with Crippen molar-refractivity contribution in [2.24, 2.45) is 0 Å². The molecule has 0 bridgehead atoms. The van der Waals surface area contributed by atoms with Gasteiger partial charge in [0.15, 0.2) is 13.3 Å². The van der Waals surface area contributed by atoms with Gasteiger partial charge >= 0.3 is 5.96 Å². The molecule has 7 heteroatoms. The summed E-state index contributed by atoms with van der Waals surface area (Å²) in [6, 6.07) is 6.40. The van der Waals surface area contributed by atoms with Crippen LogP contribution in [0, 0.1) is 6.92 Å². The molecule has 2 aliphatic heterocycles. The van der Waals surface area contributed by atoms with Crippen molar-refractivity contribution in [1.29, 1.82) is 0 Å². The lowest BCUT2D eigenvalue weighted by atomic mass is 10.1. The van der Waals surface area contributed by atoms with E-state index in [4.69, 9.17) is 4.74 Å². The van der Waals surface area contributed by atoms with Gasteiger partial charge in [0.1, 0.15) is 12.6 Å². The van der Waals surface area contributed by atoms with Crippen LogP contribution in [0.5, 0.6) is 0 Å². The van der Waals surface area contributed by atoms with Gasteiger partial charge in [0.05, 0.1) is 11.2 Å². The van der Waals surface area contributed by atoms with Crippen molar-refractivity contribution in [3.63, 3.8) is 0 Å². The molecule has 1 fully saturated rings. The van der Waals surface area contributed by atoms with E-state index < -0.39 is 0 Å². The Morgan fingerprint density at radius 2 is 2.31 bits per heavy atom. The van der Waals surface area contributed by atoms with Crippen LogP contribution in [0.2, 0.25) is 0 Å². The summed E-state index contributed by atoms with van der Waals surface area (Å²) in [5.41, 5.74) is 3.28. The molecule has 26 heavy (non-hydrogen) atoms. The predicted octanol–water partition coefficient (Wildman–Crippen LogP) is -1.07. The fraction of sp³-hybridized carbons (Fsp3) is 0.526. The van der Waals surface area contributed by atoms with Crippen LogP contribution in [0.3, 0.4) is 0 Å². The molecular weight excluding hydrogens is 328 g/mol. The van der Waals surface area contributed by atoms with Crippen molar-refractivity contribution in [2.75, 3.05) is 31.8 Å². The standard InChI is InChI=1S/C19H26N6O/c1-3-14-6-7-17-16(9-14)13(2)22-19(23-17)24-18-20-11-25(12-21-18)10-15-5-4-8-26-15/h6-7,9,15H,3-5,8,10-12H2,1-2H3,(H2,20,21,22,23,24)/p+2/t15-/m1/s1. The molecule has 1 aromatic carbocycles. The predicted molar refractivity (Wildman–Crippen MR) is 101 cm³/mol. The number of ether oxygens (including phenoxy) is 1. The van der Waals surface area contributed by atoms with Crippen molar-refractivity contribution in [1.82, 2.24) is 15.3 Å². The molecular formula is C19H28N6O+2. The first kappa shape index (κ1) is 17.2. The van der Waals surface area contributed by atoms with Crippen LogP contribution in [0.25, 0.3) is 10.9 Å². The molecule has 0 radical (unpaired) electrons. The average Bonchev–Trinajstić information content (AvgIpc) is 3.16. The lowest BCUT2D eigenvalue weighted by Crippen LogP contribution is -3.24. The van der Waals surface area contributed by atoms with Gasteiger partial charge < -0.3 is 4.74 Å². The quantitative estimate of drug-likeness (QED) is 0.561. The summed E-state index contributed by atoms with van der Waals surface area (Å²) in [4.78, 5) is 14.1. The zero-order valence-corrected chi connectivity index (χ0v) is 15.6. The Hall–Kier alpha value is -2.25. The number of anilines is 1. The fourth-order valence-corrected chi connectivity index (χ4v) is 3.63. The third kappa shape index (κ3) is 3.78. The number of nitrogens with zero attached hydrogens (tertiary/aromatic N) is 2. The van der Waals surface area contributed by atoms with Gasteiger partial charge in [0.25, 0.3) is 5.95 Å². The van der Waals surface area contributed by atoms with E-state index in [1.807, 2.05) is 6.92 Å². The molecule has 0 saturated carbocycles. The van der Waals surface area contributed by atoms with Crippen molar-refractivity contribution in [3.8, 4) is 0 Å². The Bertz CT molecular complexity index is 815. The van der Waals surface area contributed by atoms with Gasteiger partial charge in [0, 0.05) is 12.0 Å². The molecule has 1 aromatic heterocycles. The molecule has 4 rings (SSSR count). The first-order valence-corrected chi connectivity index (χ1v) is 9.55. The van der Waals surface area contributed by atoms with Crippen molar-refractivity contribution in [2.45, 2.75) is 39.2 Å². The molecule has 1 saturated heterocycles. The molecule has 1 unspecified atom stereocenters. The maximum absolute atomic E-state index is 5.73. The number of benzene rings is 1. The van der Waals surface area contributed by atoms with Gasteiger partial charge in [-0.15, -0.1) is 0 Å². The number of hydrogen-bond donors (Lipinski definition) is 4. The highest BCUT2D eigenvalue weighted by Gasteiger charge is 2.26. The van der Waals surface area contributed by atoms with E-state index in [9.17, 15) is 0 Å². The van der Waals surface area contributed by atoms with Crippen LogP contribution < -0.4 is 20.5 Å². The molecule has 3 heterocycles. The fourth-order valence-electron chi connectivity index (χ4n) is 3.63. The number of aromatic nitrogens is 2. The lowest BCUT2D eigenvalue weighted by Gasteiger charge is -2.22. The number of guanidine groups is 1. The van der Waals surface area contributed by atoms with Gasteiger partial charge in [-0.05, 0) is 43.9 Å². The zero-order valence-electron chi connectivity index (χ0n) is 15.6. The number of rotatable bonds is 4. The number of nitrogens with one attached hydrogen (secondary N) is 4. The molecule has 2 atom stereocenters. The van der Waals surface area contributed by atoms with E-state index in [-0.39, 0.29) is 0 Å². The van der Waals surface area contributed by atoms with Crippen LogP contribution in [0.1, 0.15) is 31.0 Å². The molecule has 0 aliphatic carbocycles. The molecule has 7 nitrogen and oxygen atoms in total. The minimum atomic E-state index is 0.405. The molecule has 0 spiro atoms. The largest absolute Gasteiger partial charge is 0.372 e. The number of aryl methyl sites for hydroxylation is 2. The smallest absolute Gasteiger partial charge is 0.359 e. The summed E-state index contributed by atoms with van der Waals surface area (Å²) < 4.78 is 5.73. The zero-order chi connectivity index (χ0) is 17.9. The second-order valence-corrected chi connectivity index (χ2v) is 7.13. The second-order valence-electron chi connectivity index (χ2n) is 7.13. The average molecular weight is 356 g/mol. The lowest BCUT2D eigenvalue weighted by molar-refractivity contribution is -0.982. The van der Waals surface area contributed by atoms with Gasteiger partial charge in [-0.3, -0.25) is 4.90 Å². The van der Waals surface area contributed by atoms with Crippen molar-refractivity contribution < 1.29 is 14.6 Å². The maximum atomic E-state index is 5.73. The Labute approximate surface area is 153 Å². The van der Waals surface area contributed by atoms with E-state index >= 15 is 0 Å². The number of hydrogen-bond acceptors (Lipinski definition) is 5. The molecule has 138 valence electrons. The monoisotopic (exact) mass is 356 g/mol. The molecule has 2 aliphatic rings. The van der Waals surface area contributed by atoms with Gasteiger partial charge in [-0.25, -0.2) is 20.6 Å². The topological polar surface area (TPSA) is 77.5 Å². The van der Waals surface area contributed by atoms with E-state index in [0.29, 0.717) is 12.1 Å². The van der Waals surface area contributed by atoms with Crippen LogP contribution >= 0.6 is 0 Å². The second kappa shape index (κ2) is 7.55. The van der Waals surface area contributed by atoms with Crippen molar-refractivity contribution in [3.05, 3.63) is 29.5 Å². The van der Waals surface area contributed by atoms with Gasteiger partial charge in [-0.2, -0.15) is 4.98 Å². The summed E-state index contributed by atoms with van der Waals surface area (Å²) in [6.07, 6.45) is 3.80. The number of fused-ring (bicyclic) bond motifs is 1. The third-order valence-corrected chi connectivity index (χ3v) is 5.17. The highest BCUT2D eigenvalue weighted by molar-refractivity contribution is 5.89. The van der Waals surface area contributed by atoms with Crippen LogP contribution in [0.15, 0.2) is 18.2 Å². The van der Waals surface area contributed by atoms with E-state index in [2.05, 4.69) is 50.7 Å². The summed E-state index contributed by atoms with van der Waals surface area (Å²) in [5.74, 6) is 1.49. The van der Waals surface area contributed by atoms with Crippen LogP contribution in [-0.2, 0) is 11.2 Å². The Balaban J connectivity index is 1.43. The molecule has 2 aromatic rings. The van der Waals surface area contributed by atoms with Gasteiger partial charge in [-0.1, -0.05) is 13.0 Å². The van der Waals surface area contributed by atoms with Crippen LogP contribution in [-0.4, -0.2) is 48.5 Å². The first-order chi connectivity index (χ1) is 12.7. The normalized spacial score (nSPS) is 22.9. The summed E-state index contributed by atoms with van der Waals surface area (Å²) in [6.45, 7) is 7.88.